The average Bonchev–Trinajstić information content (AvgIpc) is 3.46. The van der Waals surface area contributed by atoms with Crippen LogP contribution in [-0.4, -0.2) is 46.3 Å². The molecular formula is C39H44Br2Cl3NO5. The van der Waals surface area contributed by atoms with Crippen LogP contribution >= 0.6 is 67.7 Å². The van der Waals surface area contributed by atoms with Crippen molar-refractivity contribution in [1.82, 2.24) is 4.90 Å². The Kier molecular flexibility index (Phi) is 16.9. The topological polar surface area (TPSA) is 79.2 Å². The Morgan fingerprint density at radius 2 is 1.36 bits per heavy atom. The number of benzene rings is 4. The van der Waals surface area contributed by atoms with Gasteiger partial charge in [-0.05, 0) is 76.9 Å². The van der Waals surface area contributed by atoms with E-state index < -0.39 is 5.97 Å². The smallest absolute Gasteiger partial charge is 0.317 e. The zero-order chi connectivity index (χ0) is 35.6. The standard InChI is InChI=1S/C21H22ClNO4.C9H10BrCl.C9H11ClO.BrH/c1-2-14-4-3-5-18(22)17(14)11-26-16-7-6-15-9-21(27-19(15)8-16)12-23(13-21)10-20(24)25;1-2-7-4-3-5-9(11)8(7)6-10;1-2-7-4-3-5-9(10)8(7)6-11;/h3-8H,2,9-13H2,1H3,(H,24,25);3-5H,2,6H2,1H3;3-5,11H,2,6H2,1H3;1H. The number of halogens is 5. The quantitative estimate of drug-likeness (QED) is 0.155. The number of likely N-dealkylation sites (tertiary alicyclic amines) is 1. The summed E-state index contributed by atoms with van der Waals surface area (Å²) in [5.74, 6) is 0.772. The van der Waals surface area contributed by atoms with Crippen LogP contribution in [0.3, 0.4) is 0 Å². The number of carboxylic acids is 1. The monoisotopic (exact) mass is 869 g/mol. The first-order valence-electron chi connectivity index (χ1n) is 16.4. The van der Waals surface area contributed by atoms with Crippen LogP contribution in [0.25, 0.3) is 0 Å². The number of carbonyl (C=O) groups is 1. The van der Waals surface area contributed by atoms with E-state index >= 15 is 0 Å². The molecule has 0 bridgehead atoms. The summed E-state index contributed by atoms with van der Waals surface area (Å²) < 4.78 is 12.1. The number of nitrogens with zero attached hydrogens (tertiary/aromatic N) is 1. The first-order chi connectivity index (χ1) is 23.6. The zero-order valence-electron chi connectivity index (χ0n) is 28.5. The molecular weight excluding hydrogens is 829 g/mol. The number of hydrogen-bond donors (Lipinski definition) is 2. The van der Waals surface area contributed by atoms with Gasteiger partial charge in [0.25, 0.3) is 0 Å². The third-order valence-corrected chi connectivity index (χ3v) is 10.3. The number of ether oxygens (including phenoxy) is 2. The van der Waals surface area contributed by atoms with E-state index in [1.54, 1.807) is 6.07 Å². The molecule has 2 aliphatic heterocycles. The summed E-state index contributed by atoms with van der Waals surface area (Å²) >= 11 is 21.6. The second kappa shape index (κ2) is 20.1. The second-order valence-electron chi connectivity index (χ2n) is 12.0. The Labute approximate surface area is 329 Å². The van der Waals surface area contributed by atoms with Gasteiger partial charge in [0.05, 0.1) is 13.2 Å². The Morgan fingerprint density at radius 3 is 1.84 bits per heavy atom. The van der Waals surface area contributed by atoms with Crippen LogP contribution in [0, 0.1) is 0 Å². The number of hydrogen-bond acceptors (Lipinski definition) is 5. The maximum absolute atomic E-state index is 10.8. The van der Waals surface area contributed by atoms with Crippen molar-refractivity contribution < 1.29 is 24.5 Å². The van der Waals surface area contributed by atoms with Crippen molar-refractivity contribution in [3.63, 3.8) is 0 Å². The first kappa shape index (κ1) is 42.1. The number of aliphatic hydroxyl groups is 1. The minimum atomic E-state index is -0.804. The lowest BCUT2D eigenvalue weighted by Crippen LogP contribution is -2.65. The van der Waals surface area contributed by atoms with Crippen LogP contribution in [0.4, 0.5) is 0 Å². The van der Waals surface area contributed by atoms with Gasteiger partial charge in [0.15, 0.2) is 0 Å². The van der Waals surface area contributed by atoms with E-state index in [0.717, 1.165) is 74.8 Å². The summed E-state index contributed by atoms with van der Waals surface area (Å²) in [6, 6.07) is 23.5. The average molecular weight is 873 g/mol. The first-order valence-corrected chi connectivity index (χ1v) is 18.7. The van der Waals surface area contributed by atoms with Gasteiger partial charge >= 0.3 is 5.97 Å². The lowest BCUT2D eigenvalue weighted by Gasteiger charge is -2.46. The molecule has 0 amide bonds. The van der Waals surface area contributed by atoms with Crippen molar-refractivity contribution >= 4 is 73.7 Å². The fourth-order valence-corrected chi connectivity index (χ4v) is 7.76. The van der Waals surface area contributed by atoms with E-state index in [1.165, 1.54) is 16.7 Å². The number of aliphatic hydroxyl groups excluding tert-OH is 1. The largest absolute Gasteiger partial charge is 0.489 e. The molecule has 1 spiro atoms. The highest BCUT2D eigenvalue weighted by molar-refractivity contribution is 9.08. The van der Waals surface area contributed by atoms with Crippen molar-refractivity contribution in [3.05, 3.63) is 127 Å². The summed E-state index contributed by atoms with van der Waals surface area (Å²) in [5, 5.41) is 20.9. The molecule has 270 valence electrons. The molecule has 0 radical (unpaired) electrons. The van der Waals surface area contributed by atoms with E-state index in [-0.39, 0.29) is 35.7 Å². The number of rotatable bonds is 10. The number of fused-ring (bicyclic) bond motifs is 1. The molecule has 4 aromatic carbocycles. The lowest BCUT2D eigenvalue weighted by atomic mass is 9.89. The molecule has 0 atom stereocenters. The Balaban J connectivity index is 0.000000243. The minimum absolute atomic E-state index is 0. The van der Waals surface area contributed by atoms with Crippen LogP contribution in [0.5, 0.6) is 11.5 Å². The van der Waals surface area contributed by atoms with Crippen molar-refractivity contribution in [1.29, 1.82) is 0 Å². The Morgan fingerprint density at radius 1 is 0.840 bits per heavy atom. The minimum Gasteiger partial charge on any atom is -0.489 e. The molecule has 4 aromatic rings. The van der Waals surface area contributed by atoms with Gasteiger partial charge in [0, 0.05) is 51.5 Å². The van der Waals surface area contributed by atoms with Gasteiger partial charge in [0.2, 0.25) is 0 Å². The van der Waals surface area contributed by atoms with E-state index in [2.05, 4.69) is 41.9 Å². The van der Waals surface area contributed by atoms with E-state index in [1.807, 2.05) is 66.4 Å². The van der Waals surface area contributed by atoms with Crippen LogP contribution < -0.4 is 9.47 Å². The predicted octanol–water partition coefficient (Wildman–Crippen LogP) is 10.3. The van der Waals surface area contributed by atoms with Crippen LogP contribution in [0.15, 0.2) is 72.8 Å². The van der Waals surface area contributed by atoms with Gasteiger partial charge in [-0.3, -0.25) is 9.69 Å². The zero-order valence-corrected chi connectivity index (χ0v) is 34.1. The third kappa shape index (κ3) is 10.9. The highest BCUT2D eigenvalue weighted by Crippen LogP contribution is 2.42. The van der Waals surface area contributed by atoms with Gasteiger partial charge in [-0.1, -0.05) is 114 Å². The molecule has 1 saturated heterocycles. The Hall–Kier alpha value is -2.30. The van der Waals surface area contributed by atoms with Gasteiger partial charge in [-0.15, -0.1) is 17.0 Å². The van der Waals surface area contributed by atoms with E-state index in [4.69, 9.17) is 54.5 Å². The van der Waals surface area contributed by atoms with Gasteiger partial charge < -0.3 is 19.7 Å². The third-order valence-electron chi connectivity index (χ3n) is 8.73. The van der Waals surface area contributed by atoms with Crippen molar-refractivity contribution in [2.75, 3.05) is 19.6 Å². The van der Waals surface area contributed by atoms with E-state index in [9.17, 15) is 4.79 Å². The lowest BCUT2D eigenvalue weighted by molar-refractivity contribution is -0.143. The van der Waals surface area contributed by atoms with Crippen molar-refractivity contribution in [3.8, 4) is 11.5 Å². The number of aryl methyl sites for hydroxylation is 3. The molecule has 0 saturated carbocycles. The summed E-state index contributed by atoms with van der Waals surface area (Å²) in [5.41, 5.74) is 7.59. The number of alkyl halides is 1. The van der Waals surface area contributed by atoms with Gasteiger partial charge in [-0.25, -0.2) is 0 Å². The molecule has 50 heavy (non-hydrogen) atoms. The summed E-state index contributed by atoms with van der Waals surface area (Å²) in [6.45, 7) is 8.08. The summed E-state index contributed by atoms with van der Waals surface area (Å²) in [4.78, 5) is 12.7. The Bertz CT molecular complexity index is 1680. The molecule has 0 aromatic heterocycles. The fraction of sp³-hybridized carbons (Fsp3) is 0.359. The predicted molar refractivity (Wildman–Crippen MR) is 213 cm³/mol. The van der Waals surface area contributed by atoms with Crippen molar-refractivity contribution in [2.24, 2.45) is 0 Å². The van der Waals surface area contributed by atoms with E-state index in [0.29, 0.717) is 24.7 Å². The summed E-state index contributed by atoms with van der Waals surface area (Å²) in [6.07, 6.45) is 3.67. The number of aliphatic carboxylic acids is 1. The second-order valence-corrected chi connectivity index (χ2v) is 13.8. The van der Waals surface area contributed by atoms with Gasteiger partial charge in [0.1, 0.15) is 23.7 Å². The van der Waals surface area contributed by atoms with Gasteiger partial charge in [-0.2, -0.15) is 0 Å². The maximum Gasteiger partial charge on any atom is 0.317 e. The molecule has 1 fully saturated rings. The van der Waals surface area contributed by atoms with Crippen LogP contribution in [0.1, 0.15) is 59.7 Å². The molecule has 11 heteroatoms. The normalized spacial score (nSPS) is 13.8. The maximum atomic E-state index is 10.8. The summed E-state index contributed by atoms with van der Waals surface area (Å²) in [7, 11) is 0. The fourth-order valence-electron chi connectivity index (χ4n) is 6.18. The molecule has 6 nitrogen and oxygen atoms in total. The van der Waals surface area contributed by atoms with Crippen LogP contribution in [0.2, 0.25) is 15.1 Å². The SMILES string of the molecule is Br.CCc1cccc(Cl)c1CBr.CCc1cccc(Cl)c1CO.CCc1cccc(Cl)c1COc1ccc2c(c1)OC1(C2)CN(CC(=O)O)C1. The van der Waals surface area contributed by atoms with Crippen molar-refractivity contribution in [2.45, 2.75) is 70.6 Å². The van der Waals surface area contributed by atoms with Crippen LogP contribution in [-0.2, 0) is 49.0 Å². The highest BCUT2D eigenvalue weighted by atomic mass is 79.9. The molecule has 2 aliphatic rings. The number of carboxylic acid groups (broad SMARTS) is 1. The molecule has 0 aliphatic carbocycles. The highest BCUT2D eigenvalue weighted by Gasteiger charge is 2.49. The molecule has 0 unspecified atom stereocenters. The molecule has 2 N–H and O–H groups in total. The molecule has 2 heterocycles. The molecule has 6 rings (SSSR count).